The molecule has 0 aliphatic rings. The van der Waals surface area contributed by atoms with Crippen LogP contribution in [0.4, 0.5) is 0 Å². The first-order chi connectivity index (χ1) is 8.84. The molecule has 2 N–H and O–H groups in total. The second-order valence-corrected chi connectivity index (χ2v) is 4.47. The molecule has 0 fully saturated rings. The van der Waals surface area contributed by atoms with Gasteiger partial charge in [-0.2, -0.15) is 0 Å². The number of rotatable bonds is 5. The van der Waals surface area contributed by atoms with Gasteiger partial charge in [-0.25, -0.2) is 0 Å². The molecule has 0 spiro atoms. The molecule has 1 heteroatoms. The van der Waals surface area contributed by atoms with Crippen molar-refractivity contribution in [3.63, 3.8) is 0 Å². The zero-order valence-corrected chi connectivity index (χ0v) is 10.5. The molecule has 0 saturated heterocycles. The minimum Gasteiger partial charge on any atom is -0.324 e. The van der Waals surface area contributed by atoms with Gasteiger partial charge in [0.05, 0.1) is 0 Å². The lowest BCUT2D eigenvalue weighted by Gasteiger charge is -2.06. The summed E-state index contributed by atoms with van der Waals surface area (Å²) >= 11 is 0. The van der Waals surface area contributed by atoms with E-state index in [-0.39, 0.29) is 6.04 Å². The van der Waals surface area contributed by atoms with Crippen molar-refractivity contribution < 1.29 is 0 Å². The smallest absolute Gasteiger partial charge is 0.0264 e. The lowest BCUT2D eigenvalue weighted by molar-refractivity contribution is 0.807. The molecule has 0 bridgehead atoms. The second kappa shape index (κ2) is 6.77. The minimum absolute atomic E-state index is 0.0936. The molecule has 1 nitrogen and oxygen atoms in total. The summed E-state index contributed by atoms with van der Waals surface area (Å²) in [5.41, 5.74) is 8.69. The van der Waals surface area contributed by atoms with Crippen molar-refractivity contribution in [3.05, 3.63) is 83.9 Å². The van der Waals surface area contributed by atoms with E-state index in [2.05, 4.69) is 60.7 Å². The van der Waals surface area contributed by atoms with Crippen LogP contribution in [0.1, 0.15) is 11.1 Å². The molecule has 0 aliphatic heterocycles. The molecule has 2 aromatic carbocycles. The second-order valence-electron chi connectivity index (χ2n) is 4.47. The lowest BCUT2D eigenvalue weighted by atomic mass is 10.1. The average molecular weight is 237 g/mol. The van der Waals surface area contributed by atoms with Crippen LogP contribution in [-0.2, 0) is 12.8 Å². The van der Waals surface area contributed by atoms with E-state index in [4.69, 9.17) is 5.73 Å². The van der Waals surface area contributed by atoms with E-state index in [0.717, 1.165) is 12.8 Å². The number of benzene rings is 2. The molecule has 2 rings (SSSR count). The van der Waals surface area contributed by atoms with Crippen LogP contribution < -0.4 is 5.73 Å². The summed E-state index contributed by atoms with van der Waals surface area (Å²) in [5, 5.41) is 0. The molecule has 0 saturated carbocycles. The SMILES string of the molecule is NC(C=CCc1ccccc1)Cc1ccccc1. The van der Waals surface area contributed by atoms with Crippen LogP contribution in [-0.4, -0.2) is 6.04 Å². The maximum absolute atomic E-state index is 6.08. The molecular weight excluding hydrogens is 218 g/mol. The van der Waals surface area contributed by atoms with E-state index in [1.165, 1.54) is 11.1 Å². The summed E-state index contributed by atoms with van der Waals surface area (Å²) in [7, 11) is 0. The summed E-state index contributed by atoms with van der Waals surface area (Å²) in [6, 6.07) is 20.9. The molecule has 0 aromatic heterocycles. The first-order valence-electron chi connectivity index (χ1n) is 6.34. The number of nitrogens with two attached hydrogens (primary N) is 1. The molecule has 0 amide bonds. The highest BCUT2D eigenvalue weighted by molar-refractivity contribution is 5.20. The Bertz CT molecular complexity index is 473. The molecule has 18 heavy (non-hydrogen) atoms. The predicted molar refractivity (Wildman–Crippen MR) is 77.4 cm³/mol. The minimum atomic E-state index is 0.0936. The standard InChI is InChI=1S/C17H19N/c18-17(14-16-10-5-2-6-11-16)13-7-12-15-8-3-1-4-9-15/h1-11,13,17H,12,14,18H2. The highest BCUT2D eigenvalue weighted by Gasteiger charge is 1.98. The number of hydrogen-bond donors (Lipinski definition) is 1. The summed E-state index contributed by atoms with van der Waals surface area (Å²) in [6.45, 7) is 0. The molecule has 0 heterocycles. The van der Waals surface area contributed by atoms with Crippen LogP contribution in [0, 0.1) is 0 Å². The fraction of sp³-hybridized carbons (Fsp3) is 0.176. The summed E-state index contributed by atoms with van der Waals surface area (Å²) in [5.74, 6) is 0. The molecule has 1 atom stereocenters. The van der Waals surface area contributed by atoms with Crippen molar-refractivity contribution >= 4 is 0 Å². The van der Waals surface area contributed by atoms with E-state index in [1.807, 2.05) is 12.1 Å². The molecule has 1 unspecified atom stereocenters. The fourth-order valence-electron chi connectivity index (χ4n) is 1.95. The van der Waals surface area contributed by atoms with Gasteiger partial charge >= 0.3 is 0 Å². The van der Waals surface area contributed by atoms with Gasteiger partial charge in [0.25, 0.3) is 0 Å². The Morgan fingerprint density at radius 3 is 2.00 bits per heavy atom. The molecule has 0 aliphatic carbocycles. The van der Waals surface area contributed by atoms with E-state index in [9.17, 15) is 0 Å². The van der Waals surface area contributed by atoms with Gasteiger partial charge in [0, 0.05) is 6.04 Å². The Kier molecular flexibility index (Phi) is 4.74. The van der Waals surface area contributed by atoms with E-state index in [0.29, 0.717) is 0 Å². The van der Waals surface area contributed by atoms with Gasteiger partial charge in [-0.3, -0.25) is 0 Å². The third-order valence-electron chi connectivity index (χ3n) is 2.89. The van der Waals surface area contributed by atoms with Crippen LogP contribution in [0.15, 0.2) is 72.8 Å². The van der Waals surface area contributed by atoms with Crippen LogP contribution in [0.5, 0.6) is 0 Å². The Morgan fingerprint density at radius 2 is 1.39 bits per heavy atom. The maximum atomic E-state index is 6.08. The third-order valence-corrected chi connectivity index (χ3v) is 2.89. The van der Waals surface area contributed by atoms with Crippen molar-refractivity contribution in [2.75, 3.05) is 0 Å². The zero-order chi connectivity index (χ0) is 12.6. The topological polar surface area (TPSA) is 26.0 Å². The first kappa shape index (κ1) is 12.6. The van der Waals surface area contributed by atoms with Gasteiger partial charge < -0.3 is 5.73 Å². The third kappa shape index (κ3) is 4.19. The number of allylic oxidation sites excluding steroid dienone is 1. The highest BCUT2D eigenvalue weighted by atomic mass is 14.6. The highest BCUT2D eigenvalue weighted by Crippen LogP contribution is 2.04. The quantitative estimate of drug-likeness (QED) is 0.793. The van der Waals surface area contributed by atoms with E-state index >= 15 is 0 Å². The van der Waals surface area contributed by atoms with Gasteiger partial charge in [-0.1, -0.05) is 72.8 Å². The lowest BCUT2D eigenvalue weighted by Crippen LogP contribution is -2.19. The van der Waals surface area contributed by atoms with Crippen LogP contribution in [0.2, 0.25) is 0 Å². The monoisotopic (exact) mass is 237 g/mol. The normalized spacial score (nSPS) is 12.7. The van der Waals surface area contributed by atoms with Crippen molar-refractivity contribution in [2.45, 2.75) is 18.9 Å². The molecule has 2 aromatic rings. The molecule has 92 valence electrons. The van der Waals surface area contributed by atoms with Crippen LogP contribution in [0.3, 0.4) is 0 Å². The average Bonchev–Trinajstić information content (AvgIpc) is 2.41. The Hall–Kier alpha value is -1.86. The van der Waals surface area contributed by atoms with Gasteiger partial charge in [0.15, 0.2) is 0 Å². The van der Waals surface area contributed by atoms with Gasteiger partial charge in [0.1, 0.15) is 0 Å². The predicted octanol–water partition coefficient (Wildman–Crippen LogP) is 3.36. The molecular formula is C17H19N. The Labute approximate surface area is 109 Å². The zero-order valence-electron chi connectivity index (χ0n) is 10.5. The summed E-state index contributed by atoms with van der Waals surface area (Å²) < 4.78 is 0. The summed E-state index contributed by atoms with van der Waals surface area (Å²) in [6.07, 6.45) is 6.10. The van der Waals surface area contributed by atoms with Crippen molar-refractivity contribution in [3.8, 4) is 0 Å². The Balaban J connectivity index is 1.82. The first-order valence-corrected chi connectivity index (χ1v) is 6.34. The fourth-order valence-corrected chi connectivity index (χ4v) is 1.95. The van der Waals surface area contributed by atoms with E-state index < -0.39 is 0 Å². The maximum Gasteiger partial charge on any atom is 0.0264 e. The van der Waals surface area contributed by atoms with Gasteiger partial charge in [0.2, 0.25) is 0 Å². The summed E-state index contributed by atoms with van der Waals surface area (Å²) in [4.78, 5) is 0. The van der Waals surface area contributed by atoms with Crippen molar-refractivity contribution in [1.29, 1.82) is 0 Å². The Morgan fingerprint density at radius 1 is 0.833 bits per heavy atom. The molecule has 0 radical (unpaired) electrons. The van der Waals surface area contributed by atoms with Crippen molar-refractivity contribution in [1.82, 2.24) is 0 Å². The van der Waals surface area contributed by atoms with Crippen LogP contribution in [0.25, 0.3) is 0 Å². The van der Waals surface area contributed by atoms with Crippen molar-refractivity contribution in [2.24, 2.45) is 5.73 Å². The largest absolute Gasteiger partial charge is 0.324 e. The van der Waals surface area contributed by atoms with Gasteiger partial charge in [-0.05, 0) is 24.0 Å². The number of hydrogen-bond acceptors (Lipinski definition) is 1. The van der Waals surface area contributed by atoms with E-state index in [1.54, 1.807) is 0 Å². The van der Waals surface area contributed by atoms with Crippen LogP contribution >= 0.6 is 0 Å². The van der Waals surface area contributed by atoms with Gasteiger partial charge in [-0.15, -0.1) is 0 Å².